The van der Waals surface area contributed by atoms with Crippen LogP contribution in [0, 0.1) is 17.0 Å². The number of hydrogen-bond donors (Lipinski definition) is 1. The fraction of sp³-hybridized carbons (Fsp3) is 0.440. The molecule has 0 saturated heterocycles. The Kier molecular flexibility index (Phi) is 9.85. The summed E-state index contributed by atoms with van der Waals surface area (Å²) in [4.78, 5) is 38.3. The van der Waals surface area contributed by atoms with E-state index in [0.29, 0.717) is 6.42 Å². The third kappa shape index (κ3) is 7.19. The van der Waals surface area contributed by atoms with Gasteiger partial charge in [-0.15, -0.1) is 0 Å². The molecule has 34 heavy (non-hydrogen) atoms. The zero-order valence-electron chi connectivity index (χ0n) is 20.4. The molecule has 9 nitrogen and oxygen atoms in total. The van der Waals surface area contributed by atoms with Gasteiger partial charge in [-0.05, 0) is 38.3 Å². The molecule has 0 radical (unpaired) electrons. The number of aryl methyl sites for hydroxylation is 1. The minimum atomic E-state index is -0.669. The van der Waals surface area contributed by atoms with Crippen LogP contribution in [0.3, 0.4) is 0 Å². The summed E-state index contributed by atoms with van der Waals surface area (Å²) in [7, 11) is 1.32. The van der Waals surface area contributed by atoms with Gasteiger partial charge in [-0.25, -0.2) is 0 Å². The van der Waals surface area contributed by atoms with Gasteiger partial charge >= 0.3 is 5.69 Å². The quantitative estimate of drug-likeness (QED) is 0.370. The average molecular weight is 472 g/mol. The predicted octanol–water partition coefficient (Wildman–Crippen LogP) is 4.01. The van der Waals surface area contributed by atoms with E-state index in [2.05, 4.69) is 5.32 Å². The predicted molar refractivity (Wildman–Crippen MR) is 129 cm³/mol. The first-order valence-corrected chi connectivity index (χ1v) is 11.3. The molecule has 0 spiro atoms. The summed E-state index contributed by atoms with van der Waals surface area (Å²) >= 11 is 0. The molecule has 0 aromatic heterocycles. The van der Waals surface area contributed by atoms with E-state index in [0.717, 1.165) is 17.5 Å². The number of carbonyl (C=O) groups excluding carboxylic acids is 2. The van der Waals surface area contributed by atoms with Gasteiger partial charge in [0.05, 0.1) is 12.0 Å². The zero-order chi connectivity index (χ0) is 25.3. The molecule has 0 aliphatic carbocycles. The van der Waals surface area contributed by atoms with Crippen LogP contribution in [0.5, 0.6) is 11.5 Å². The molecule has 184 valence electrons. The van der Waals surface area contributed by atoms with Crippen LogP contribution in [0.4, 0.5) is 5.69 Å². The van der Waals surface area contributed by atoms with Crippen LogP contribution in [-0.2, 0) is 16.1 Å². The molecule has 9 heteroatoms. The Bertz CT molecular complexity index is 993. The Morgan fingerprint density at radius 2 is 1.79 bits per heavy atom. The minimum Gasteiger partial charge on any atom is -0.490 e. The number of hydrogen-bond acceptors (Lipinski definition) is 6. The van der Waals surface area contributed by atoms with Crippen molar-refractivity contribution in [2.75, 3.05) is 13.7 Å². The number of carbonyl (C=O) groups is 2. The summed E-state index contributed by atoms with van der Waals surface area (Å²) in [6.45, 7) is 7.65. The van der Waals surface area contributed by atoms with Gasteiger partial charge in [0.15, 0.2) is 6.61 Å². The van der Waals surface area contributed by atoms with Crippen molar-refractivity contribution in [3.05, 3.63) is 63.7 Å². The second kappa shape index (κ2) is 12.6. The summed E-state index contributed by atoms with van der Waals surface area (Å²) in [5, 5.41) is 14.1. The minimum absolute atomic E-state index is 0.0123. The Hall–Kier alpha value is -3.62. The molecule has 2 atom stereocenters. The average Bonchev–Trinajstić information content (AvgIpc) is 2.83. The smallest absolute Gasteiger partial charge is 0.311 e. The molecule has 2 aromatic rings. The first-order chi connectivity index (χ1) is 16.2. The van der Waals surface area contributed by atoms with Crippen LogP contribution in [-0.4, -0.2) is 47.4 Å². The van der Waals surface area contributed by atoms with Gasteiger partial charge in [0, 0.05) is 24.7 Å². The van der Waals surface area contributed by atoms with Crippen LogP contribution in [0.25, 0.3) is 0 Å². The van der Waals surface area contributed by atoms with E-state index >= 15 is 0 Å². The monoisotopic (exact) mass is 471 g/mol. The van der Waals surface area contributed by atoms with Crippen molar-refractivity contribution in [2.45, 2.75) is 59.2 Å². The third-order valence-electron chi connectivity index (χ3n) is 5.57. The highest BCUT2D eigenvalue weighted by Crippen LogP contribution is 2.30. The van der Waals surface area contributed by atoms with Crippen LogP contribution in [0.15, 0.2) is 42.5 Å². The van der Waals surface area contributed by atoms with Gasteiger partial charge in [-0.2, -0.15) is 0 Å². The summed E-state index contributed by atoms with van der Waals surface area (Å²) in [5.41, 5.74) is 1.79. The van der Waals surface area contributed by atoms with Crippen LogP contribution < -0.4 is 14.8 Å². The summed E-state index contributed by atoms with van der Waals surface area (Å²) < 4.78 is 10.7. The Morgan fingerprint density at radius 1 is 1.12 bits per heavy atom. The fourth-order valence-corrected chi connectivity index (χ4v) is 3.38. The molecule has 2 aromatic carbocycles. The lowest BCUT2D eigenvalue weighted by molar-refractivity contribution is -0.385. The SMILES string of the molecule is CC[C@H](C)NC(=O)[C@H](CC)N(Cc1ccc(C)cc1)C(=O)COc1ccc([N+](=O)[O-])c(OC)c1. The molecule has 0 saturated carbocycles. The molecule has 0 bridgehead atoms. The van der Waals surface area contributed by atoms with Crippen LogP contribution in [0.1, 0.15) is 44.7 Å². The Morgan fingerprint density at radius 3 is 2.35 bits per heavy atom. The van der Waals surface area contributed by atoms with Crippen LogP contribution in [0.2, 0.25) is 0 Å². The number of ether oxygens (including phenoxy) is 2. The third-order valence-corrected chi connectivity index (χ3v) is 5.57. The molecule has 0 heterocycles. The molecule has 2 rings (SSSR count). The summed E-state index contributed by atoms with van der Waals surface area (Å²) in [5.74, 6) is -0.299. The van der Waals surface area contributed by atoms with Crippen molar-refractivity contribution in [1.82, 2.24) is 10.2 Å². The van der Waals surface area contributed by atoms with Crippen molar-refractivity contribution in [2.24, 2.45) is 0 Å². The topological polar surface area (TPSA) is 111 Å². The van der Waals surface area contributed by atoms with Crippen molar-refractivity contribution in [1.29, 1.82) is 0 Å². The van der Waals surface area contributed by atoms with Gasteiger partial charge in [0.25, 0.3) is 5.91 Å². The Balaban J connectivity index is 2.24. The number of nitro benzene ring substituents is 1. The van der Waals surface area contributed by atoms with E-state index in [9.17, 15) is 19.7 Å². The van der Waals surface area contributed by atoms with Crippen LogP contribution >= 0.6 is 0 Å². The first kappa shape index (κ1) is 26.6. The van der Waals surface area contributed by atoms with E-state index < -0.39 is 11.0 Å². The normalized spacial score (nSPS) is 12.4. The molecule has 1 N–H and O–H groups in total. The zero-order valence-corrected chi connectivity index (χ0v) is 20.4. The first-order valence-electron chi connectivity index (χ1n) is 11.3. The van der Waals surface area contributed by atoms with Gasteiger partial charge in [-0.1, -0.05) is 43.7 Å². The highest BCUT2D eigenvalue weighted by molar-refractivity contribution is 5.88. The molecular weight excluding hydrogens is 438 g/mol. The van der Waals surface area contributed by atoms with Crippen molar-refractivity contribution in [3.8, 4) is 11.5 Å². The maximum absolute atomic E-state index is 13.3. The number of rotatable bonds is 12. The fourth-order valence-electron chi connectivity index (χ4n) is 3.38. The van der Waals surface area contributed by atoms with E-state index in [1.807, 2.05) is 52.0 Å². The van der Waals surface area contributed by atoms with E-state index in [1.165, 1.54) is 30.2 Å². The molecule has 0 aliphatic rings. The van der Waals surface area contributed by atoms with E-state index in [4.69, 9.17) is 9.47 Å². The lowest BCUT2D eigenvalue weighted by Crippen LogP contribution is -2.51. The van der Waals surface area contributed by atoms with Gasteiger partial charge < -0.3 is 19.7 Å². The largest absolute Gasteiger partial charge is 0.490 e. The highest BCUT2D eigenvalue weighted by Gasteiger charge is 2.29. The van der Waals surface area contributed by atoms with Crippen molar-refractivity contribution < 1.29 is 24.0 Å². The second-order valence-electron chi connectivity index (χ2n) is 8.13. The molecule has 0 aliphatic heterocycles. The maximum Gasteiger partial charge on any atom is 0.311 e. The van der Waals surface area contributed by atoms with Gasteiger partial charge in [0.2, 0.25) is 11.7 Å². The number of methoxy groups -OCH3 is 1. The number of amides is 2. The van der Waals surface area contributed by atoms with E-state index in [1.54, 1.807) is 0 Å². The highest BCUT2D eigenvalue weighted by atomic mass is 16.6. The number of nitrogens with zero attached hydrogens (tertiary/aromatic N) is 2. The van der Waals surface area contributed by atoms with Crippen molar-refractivity contribution in [3.63, 3.8) is 0 Å². The number of benzene rings is 2. The van der Waals surface area contributed by atoms with Gasteiger partial charge in [-0.3, -0.25) is 19.7 Å². The molecule has 0 unspecified atom stereocenters. The number of nitro groups is 1. The lowest BCUT2D eigenvalue weighted by Gasteiger charge is -2.31. The number of nitrogens with one attached hydrogen (secondary N) is 1. The summed E-state index contributed by atoms with van der Waals surface area (Å²) in [6.07, 6.45) is 1.21. The molecule has 2 amide bonds. The standard InChI is InChI=1S/C25H33N3O6/c1-6-18(4)26-25(30)21(7-2)27(15-19-10-8-17(3)9-11-19)24(29)16-34-20-12-13-22(28(31)32)23(14-20)33-5/h8-14,18,21H,6-7,15-16H2,1-5H3,(H,26,30)/t18-,21-/m0/s1. The van der Waals surface area contributed by atoms with Gasteiger partial charge in [0.1, 0.15) is 11.8 Å². The van der Waals surface area contributed by atoms with E-state index in [-0.39, 0.29) is 48.2 Å². The molecular formula is C25H33N3O6. The van der Waals surface area contributed by atoms with Crippen molar-refractivity contribution >= 4 is 17.5 Å². The lowest BCUT2D eigenvalue weighted by atomic mass is 10.1. The second-order valence-corrected chi connectivity index (χ2v) is 8.13. The molecule has 0 fully saturated rings. The maximum atomic E-state index is 13.3. The summed E-state index contributed by atoms with van der Waals surface area (Å²) in [6, 6.07) is 11.1. The Labute approximate surface area is 200 Å².